The molecule has 0 bridgehead atoms. The molecule has 0 aliphatic heterocycles. The van der Waals surface area contributed by atoms with E-state index in [-0.39, 0.29) is 18.8 Å². The van der Waals surface area contributed by atoms with Gasteiger partial charge in [-0.15, -0.1) is 0 Å². The molecule has 0 fully saturated rings. The van der Waals surface area contributed by atoms with Crippen molar-refractivity contribution in [1.82, 2.24) is 10.3 Å². The van der Waals surface area contributed by atoms with E-state index in [0.717, 1.165) is 5.56 Å². The zero-order chi connectivity index (χ0) is 21.7. The van der Waals surface area contributed by atoms with Gasteiger partial charge in [0.05, 0.1) is 13.2 Å². The van der Waals surface area contributed by atoms with Gasteiger partial charge >= 0.3 is 11.9 Å². The van der Waals surface area contributed by atoms with E-state index in [1.807, 2.05) is 19.1 Å². The van der Waals surface area contributed by atoms with Crippen LogP contribution in [0.3, 0.4) is 0 Å². The van der Waals surface area contributed by atoms with E-state index in [1.165, 1.54) is 6.20 Å². The second-order valence-corrected chi connectivity index (χ2v) is 6.76. The fraction of sp³-hybridized carbons (Fsp3) is 0.261. The first-order valence-electron chi connectivity index (χ1n) is 9.74. The molecule has 1 aromatic heterocycles. The maximum absolute atomic E-state index is 13.2. The highest BCUT2D eigenvalue weighted by atomic mass is 16.6. The van der Waals surface area contributed by atoms with E-state index < -0.39 is 23.4 Å². The van der Waals surface area contributed by atoms with Crippen molar-refractivity contribution in [3.8, 4) is 0 Å². The molecule has 156 valence electrons. The molecule has 1 amide bonds. The Balaban J connectivity index is 2.19. The van der Waals surface area contributed by atoms with Crippen molar-refractivity contribution in [3.05, 3.63) is 71.4 Å². The molecule has 0 aliphatic rings. The predicted octanol–water partition coefficient (Wildman–Crippen LogP) is 3.23. The highest BCUT2D eigenvalue weighted by molar-refractivity contribution is 6.13. The van der Waals surface area contributed by atoms with Crippen LogP contribution in [0.25, 0.3) is 10.9 Å². The van der Waals surface area contributed by atoms with Gasteiger partial charge < -0.3 is 19.8 Å². The van der Waals surface area contributed by atoms with E-state index in [0.29, 0.717) is 16.5 Å². The lowest BCUT2D eigenvalue weighted by Crippen LogP contribution is -2.58. The van der Waals surface area contributed by atoms with Gasteiger partial charge in [0, 0.05) is 28.2 Å². The summed E-state index contributed by atoms with van der Waals surface area (Å²) in [6.45, 7) is 5.22. The lowest BCUT2D eigenvalue weighted by Gasteiger charge is -2.30. The standard InChI is InChI=1S/C23H24N2O5/c1-4-29-21(27)23(22(28)30-5-2,18-14-24-19-9-7-6-8-17(18)19)25-20(26)16-12-10-15(3)11-13-16/h6-14,24H,4-5H2,1-3H3,(H,25,26). The summed E-state index contributed by atoms with van der Waals surface area (Å²) in [5, 5.41) is 3.22. The number of hydrogen-bond donors (Lipinski definition) is 2. The fourth-order valence-corrected chi connectivity index (χ4v) is 3.28. The van der Waals surface area contributed by atoms with Crippen LogP contribution in [0.2, 0.25) is 0 Å². The number of para-hydroxylation sites is 1. The number of aromatic amines is 1. The van der Waals surface area contributed by atoms with Gasteiger partial charge in [-0.05, 0) is 39.0 Å². The fourth-order valence-electron chi connectivity index (χ4n) is 3.28. The zero-order valence-electron chi connectivity index (χ0n) is 17.2. The molecule has 3 rings (SSSR count). The van der Waals surface area contributed by atoms with Crippen LogP contribution in [0.15, 0.2) is 54.7 Å². The van der Waals surface area contributed by atoms with Gasteiger partial charge in [0.15, 0.2) is 0 Å². The van der Waals surface area contributed by atoms with Gasteiger partial charge in [0.1, 0.15) is 0 Å². The predicted molar refractivity (Wildman–Crippen MR) is 112 cm³/mol. The van der Waals surface area contributed by atoms with Crippen molar-refractivity contribution in [2.45, 2.75) is 26.3 Å². The number of H-pyrrole nitrogens is 1. The van der Waals surface area contributed by atoms with E-state index in [9.17, 15) is 14.4 Å². The molecule has 0 spiro atoms. The number of esters is 2. The minimum absolute atomic E-state index is 0.0305. The van der Waals surface area contributed by atoms with Crippen LogP contribution >= 0.6 is 0 Å². The number of hydrogen-bond acceptors (Lipinski definition) is 5. The smallest absolute Gasteiger partial charge is 0.348 e. The Hall–Kier alpha value is -3.61. The summed E-state index contributed by atoms with van der Waals surface area (Å²) in [7, 11) is 0. The summed E-state index contributed by atoms with van der Waals surface area (Å²) in [5.41, 5.74) is 0.0855. The normalized spacial score (nSPS) is 11.2. The van der Waals surface area contributed by atoms with Crippen LogP contribution in [0.1, 0.15) is 35.3 Å². The molecule has 1 heterocycles. The quantitative estimate of drug-likeness (QED) is 0.462. The number of rotatable bonds is 7. The third-order valence-electron chi connectivity index (χ3n) is 4.77. The number of aryl methyl sites for hydroxylation is 1. The summed E-state index contributed by atoms with van der Waals surface area (Å²) >= 11 is 0. The van der Waals surface area contributed by atoms with Crippen LogP contribution in [0.5, 0.6) is 0 Å². The number of benzene rings is 2. The lowest BCUT2D eigenvalue weighted by atomic mass is 9.88. The molecular weight excluding hydrogens is 384 g/mol. The molecular formula is C23H24N2O5. The monoisotopic (exact) mass is 408 g/mol. The van der Waals surface area contributed by atoms with Crippen molar-refractivity contribution in [1.29, 1.82) is 0 Å². The first-order valence-corrected chi connectivity index (χ1v) is 9.74. The molecule has 2 N–H and O–H groups in total. The number of nitrogens with one attached hydrogen (secondary N) is 2. The zero-order valence-corrected chi connectivity index (χ0v) is 17.2. The Labute approximate surface area is 174 Å². The summed E-state index contributed by atoms with van der Waals surface area (Å²) < 4.78 is 10.5. The second-order valence-electron chi connectivity index (χ2n) is 6.76. The van der Waals surface area contributed by atoms with E-state index in [2.05, 4.69) is 10.3 Å². The number of carbonyl (C=O) groups excluding carboxylic acids is 3. The number of carbonyl (C=O) groups is 3. The molecule has 7 heteroatoms. The Bertz CT molecular complexity index is 1050. The number of fused-ring (bicyclic) bond motifs is 1. The number of amides is 1. The molecule has 30 heavy (non-hydrogen) atoms. The highest BCUT2D eigenvalue weighted by Gasteiger charge is 2.53. The van der Waals surface area contributed by atoms with Crippen molar-refractivity contribution in [3.63, 3.8) is 0 Å². The molecule has 3 aromatic rings. The maximum Gasteiger partial charge on any atom is 0.348 e. The third kappa shape index (κ3) is 3.78. The van der Waals surface area contributed by atoms with Crippen LogP contribution < -0.4 is 5.32 Å². The molecule has 0 unspecified atom stereocenters. The summed E-state index contributed by atoms with van der Waals surface area (Å²) in [5.74, 6) is -2.41. The second kappa shape index (κ2) is 8.82. The van der Waals surface area contributed by atoms with Crippen LogP contribution in [-0.4, -0.2) is 36.0 Å². The topological polar surface area (TPSA) is 97.5 Å². The van der Waals surface area contributed by atoms with Crippen molar-refractivity contribution in [2.24, 2.45) is 0 Å². The molecule has 0 saturated carbocycles. The number of aromatic nitrogens is 1. The molecule has 0 saturated heterocycles. The highest BCUT2D eigenvalue weighted by Crippen LogP contribution is 2.32. The largest absolute Gasteiger partial charge is 0.464 e. The Kier molecular flexibility index (Phi) is 6.20. The van der Waals surface area contributed by atoms with Crippen LogP contribution in [0.4, 0.5) is 0 Å². The molecule has 0 aliphatic carbocycles. The van der Waals surface area contributed by atoms with E-state index >= 15 is 0 Å². The van der Waals surface area contributed by atoms with Gasteiger partial charge in [0.2, 0.25) is 0 Å². The first-order chi connectivity index (χ1) is 14.4. The molecule has 0 radical (unpaired) electrons. The van der Waals surface area contributed by atoms with Gasteiger partial charge in [0.25, 0.3) is 11.4 Å². The lowest BCUT2D eigenvalue weighted by molar-refractivity contribution is -0.166. The van der Waals surface area contributed by atoms with Crippen LogP contribution in [-0.2, 0) is 24.6 Å². The number of ether oxygens (including phenoxy) is 2. The average molecular weight is 408 g/mol. The van der Waals surface area contributed by atoms with Crippen molar-refractivity contribution < 1.29 is 23.9 Å². The average Bonchev–Trinajstić information content (AvgIpc) is 3.17. The molecule has 7 nitrogen and oxygen atoms in total. The Morgan fingerprint density at radius 2 is 1.53 bits per heavy atom. The summed E-state index contributed by atoms with van der Waals surface area (Å²) in [6, 6.07) is 14.0. The van der Waals surface area contributed by atoms with Gasteiger partial charge in [-0.2, -0.15) is 0 Å². The van der Waals surface area contributed by atoms with Gasteiger partial charge in [-0.1, -0.05) is 35.9 Å². The minimum atomic E-state index is -2.16. The first kappa shape index (κ1) is 21.1. The third-order valence-corrected chi connectivity index (χ3v) is 4.77. The van der Waals surface area contributed by atoms with Crippen molar-refractivity contribution >= 4 is 28.7 Å². The van der Waals surface area contributed by atoms with E-state index in [1.54, 1.807) is 50.2 Å². The van der Waals surface area contributed by atoms with Gasteiger partial charge in [-0.25, -0.2) is 9.59 Å². The Morgan fingerprint density at radius 3 is 2.13 bits per heavy atom. The SMILES string of the molecule is CCOC(=O)C(NC(=O)c1ccc(C)cc1)(C(=O)OCC)c1c[nH]c2ccccc12. The van der Waals surface area contributed by atoms with Crippen molar-refractivity contribution in [2.75, 3.05) is 13.2 Å². The van der Waals surface area contributed by atoms with Gasteiger partial charge in [-0.3, -0.25) is 4.79 Å². The van der Waals surface area contributed by atoms with E-state index in [4.69, 9.17) is 9.47 Å². The minimum Gasteiger partial charge on any atom is -0.464 e. The Morgan fingerprint density at radius 1 is 0.933 bits per heavy atom. The molecule has 0 atom stereocenters. The molecule has 2 aromatic carbocycles. The maximum atomic E-state index is 13.2. The summed E-state index contributed by atoms with van der Waals surface area (Å²) in [6.07, 6.45) is 1.52. The summed E-state index contributed by atoms with van der Waals surface area (Å²) in [4.78, 5) is 42.5. The van der Waals surface area contributed by atoms with Crippen LogP contribution in [0, 0.1) is 6.92 Å².